The highest BCUT2D eigenvalue weighted by molar-refractivity contribution is 9.10. The van der Waals surface area contributed by atoms with Crippen molar-refractivity contribution in [1.82, 2.24) is 9.97 Å². The van der Waals surface area contributed by atoms with Gasteiger partial charge >= 0.3 is 0 Å². The number of nitrogens with zero attached hydrogens (tertiary/aromatic N) is 2. The standard InChI is InChI=1S/C15H17BrFN3/c1-9(2)15-19-10(3)6-14(20-15)18-8-11-7-12(17)4-5-13(11)16/h4-7,9H,8H2,1-3H3,(H,18,19,20). The van der Waals surface area contributed by atoms with Gasteiger partial charge in [0.05, 0.1) is 0 Å². The van der Waals surface area contributed by atoms with Crippen molar-refractivity contribution in [2.24, 2.45) is 0 Å². The first kappa shape index (κ1) is 14.9. The van der Waals surface area contributed by atoms with Gasteiger partial charge in [-0.3, -0.25) is 0 Å². The summed E-state index contributed by atoms with van der Waals surface area (Å²) in [5.74, 6) is 1.60. The summed E-state index contributed by atoms with van der Waals surface area (Å²) in [6.45, 7) is 6.56. The molecule has 20 heavy (non-hydrogen) atoms. The highest BCUT2D eigenvalue weighted by Crippen LogP contribution is 2.20. The molecule has 1 heterocycles. The van der Waals surface area contributed by atoms with Crippen molar-refractivity contribution in [2.45, 2.75) is 33.2 Å². The van der Waals surface area contributed by atoms with Crippen molar-refractivity contribution in [3.8, 4) is 0 Å². The van der Waals surface area contributed by atoms with Crippen molar-refractivity contribution in [3.05, 3.63) is 51.6 Å². The third-order valence-corrected chi connectivity index (χ3v) is 3.63. The Labute approximate surface area is 126 Å². The van der Waals surface area contributed by atoms with E-state index in [1.54, 1.807) is 6.07 Å². The second kappa shape index (κ2) is 6.31. The molecular formula is C15H17BrFN3. The normalized spacial score (nSPS) is 10.9. The molecule has 0 amide bonds. The minimum atomic E-state index is -0.244. The number of nitrogens with one attached hydrogen (secondary N) is 1. The molecule has 0 bridgehead atoms. The number of halogens is 2. The van der Waals surface area contributed by atoms with E-state index in [1.165, 1.54) is 12.1 Å². The first-order valence-corrected chi connectivity index (χ1v) is 7.28. The molecule has 0 saturated carbocycles. The van der Waals surface area contributed by atoms with Crippen LogP contribution in [0.4, 0.5) is 10.2 Å². The third kappa shape index (κ3) is 3.76. The van der Waals surface area contributed by atoms with Crippen molar-refractivity contribution >= 4 is 21.7 Å². The Balaban J connectivity index is 2.16. The fraction of sp³-hybridized carbons (Fsp3) is 0.333. The van der Waals surface area contributed by atoms with Gasteiger partial charge in [0.2, 0.25) is 0 Å². The average Bonchev–Trinajstić information content (AvgIpc) is 2.39. The summed E-state index contributed by atoms with van der Waals surface area (Å²) in [4.78, 5) is 8.87. The Bertz CT molecular complexity index is 614. The maximum atomic E-state index is 13.2. The third-order valence-electron chi connectivity index (χ3n) is 2.86. The molecule has 2 aromatic rings. The smallest absolute Gasteiger partial charge is 0.133 e. The number of benzene rings is 1. The van der Waals surface area contributed by atoms with Crippen LogP contribution in [-0.2, 0) is 6.54 Å². The van der Waals surface area contributed by atoms with Gasteiger partial charge in [-0.05, 0) is 30.7 Å². The minimum Gasteiger partial charge on any atom is -0.366 e. The van der Waals surface area contributed by atoms with Crippen LogP contribution >= 0.6 is 15.9 Å². The Hall–Kier alpha value is -1.49. The molecule has 0 aliphatic rings. The van der Waals surface area contributed by atoms with Crippen LogP contribution in [0.25, 0.3) is 0 Å². The van der Waals surface area contributed by atoms with Crippen LogP contribution in [0.15, 0.2) is 28.7 Å². The average molecular weight is 338 g/mol. The Morgan fingerprint density at radius 1 is 1.25 bits per heavy atom. The van der Waals surface area contributed by atoms with E-state index in [4.69, 9.17) is 0 Å². The molecule has 1 aromatic heterocycles. The molecule has 0 aliphatic carbocycles. The molecule has 3 nitrogen and oxygen atoms in total. The van der Waals surface area contributed by atoms with Gasteiger partial charge in [-0.2, -0.15) is 0 Å². The summed E-state index contributed by atoms with van der Waals surface area (Å²) in [5, 5.41) is 3.22. The zero-order valence-corrected chi connectivity index (χ0v) is 13.3. The molecule has 1 N–H and O–H groups in total. The van der Waals surface area contributed by atoms with Gasteiger partial charge in [0.1, 0.15) is 17.5 Å². The van der Waals surface area contributed by atoms with E-state index >= 15 is 0 Å². The molecule has 2 rings (SSSR count). The summed E-state index contributed by atoms with van der Waals surface area (Å²) < 4.78 is 14.1. The lowest BCUT2D eigenvalue weighted by Gasteiger charge is -2.11. The van der Waals surface area contributed by atoms with Crippen LogP contribution < -0.4 is 5.32 Å². The maximum Gasteiger partial charge on any atom is 0.133 e. The Morgan fingerprint density at radius 2 is 2.00 bits per heavy atom. The van der Waals surface area contributed by atoms with Crippen LogP contribution in [0, 0.1) is 12.7 Å². The van der Waals surface area contributed by atoms with Crippen molar-refractivity contribution in [2.75, 3.05) is 5.32 Å². The van der Waals surface area contributed by atoms with Crippen LogP contribution in [0.2, 0.25) is 0 Å². The van der Waals surface area contributed by atoms with Crippen molar-refractivity contribution in [3.63, 3.8) is 0 Å². The predicted molar refractivity (Wildman–Crippen MR) is 82.3 cm³/mol. The maximum absolute atomic E-state index is 13.2. The summed E-state index contributed by atoms with van der Waals surface area (Å²) in [7, 11) is 0. The monoisotopic (exact) mass is 337 g/mol. The SMILES string of the molecule is Cc1cc(NCc2cc(F)ccc2Br)nc(C(C)C)n1. The van der Waals surface area contributed by atoms with E-state index in [9.17, 15) is 4.39 Å². The second-order valence-electron chi connectivity index (χ2n) is 5.00. The molecule has 0 unspecified atom stereocenters. The van der Waals surface area contributed by atoms with Crippen LogP contribution in [0.5, 0.6) is 0 Å². The van der Waals surface area contributed by atoms with Gasteiger partial charge in [-0.25, -0.2) is 14.4 Å². The highest BCUT2D eigenvalue weighted by Gasteiger charge is 2.07. The van der Waals surface area contributed by atoms with E-state index in [1.807, 2.05) is 13.0 Å². The zero-order chi connectivity index (χ0) is 14.7. The molecule has 0 fully saturated rings. The molecular weight excluding hydrogens is 321 g/mol. The number of anilines is 1. The lowest BCUT2D eigenvalue weighted by molar-refractivity contribution is 0.625. The predicted octanol–water partition coefficient (Wildman–Crippen LogP) is 4.42. The minimum absolute atomic E-state index is 0.244. The molecule has 5 heteroatoms. The Morgan fingerprint density at radius 3 is 2.70 bits per heavy atom. The fourth-order valence-corrected chi connectivity index (χ4v) is 2.19. The first-order valence-electron chi connectivity index (χ1n) is 6.49. The number of aromatic nitrogens is 2. The molecule has 0 spiro atoms. The molecule has 0 saturated heterocycles. The molecule has 106 valence electrons. The van der Waals surface area contributed by atoms with E-state index in [0.29, 0.717) is 6.54 Å². The van der Waals surface area contributed by atoms with E-state index in [-0.39, 0.29) is 11.7 Å². The summed E-state index contributed by atoms with van der Waals surface area (Å²) in [6, 6.07) is 6.53. The fourth-order valence-electron chi connectivity index (χ4n) is 1.80. The lowest BCUT2D eigenvalue weighted by atomic mass is 10.2. The lowest BCUT2D eigenvalue weighted by Crippen LogP contribution is -2.07. The van der Waals surface area contributed by atoms with Gasteiger partial charge in [0.15, 0.2) is 0 Å². The molecule has 0 radical (unpaired) electrons. The van der Waals surface area contributed by atoms with Gasteiger partial charge in [-0.1, -0.05) is 29.8 Å². The summed E-state index contributed by atoms with van der Waals surface area (Å²) in [6.07, 6.45) is 0. The number of rotatable bonds is 4. The Kier molecular flexibility index (Phi) is 4.70. The topological polar surface area (TPSA) is 37.8 Å². The molecule has 0 aliphatic heterocycles. The second-order valence-corrected chi connectivity index (χ2v) is 5.85. The highest BCUT2D eigenvalue weighted by atomic mass is 79.9. The van der Waals surface area contributed by atoms with Crippen LogP contribution in [0.1, 0.15) is 36.8 Å². The van der Waals surface area contributed by atoms with Gasteiger partial charge < -0.3 is 5.32 Å². The zero-order valence-electron chi connectivity index (χ0n) is 11.7. The number of hydrogen-bond acceptors (Lipinski definition) is 3. The van der Waals surface area contributed by atoms with Crippen molar-refractivity contribution < 1.29 is 4.39 Å². The summed E-state index contributed by atoms with van der Waals surface area (Å²) in [5.41, 5.74) is 1.77. The van der Waals surface area contributed by atoms with Gasteiger partial charge in [0.25, 0.3) is 0 Å². The first-order chi connectivity index (χ1) is 9.45. The molecule has 0 atom stereocenters. The number of hydrogen-bond donors (Lipinski definition) is 1. The van der Waals surface area contributed by atoms with E-state index in [2.05, 4.69) is 45.1 Å². The van der Waals surface area contributed by atoms with E-state index < -0.39 is 0 Å². The van der Waals surface area contributed by atoms with Crippen LogP contribution in [0.3, 0.4) is 0 Å². The van der Waals surface area contributed by atoms with Crippen LogP contribution in [-0.4, -0.2) is 9.97 Å². The van der Waals surface area contributed by atoms with E-state index in [0.717, 1.165) is 27.4 Å². The van der Waals surface area contributed by atoms with Gasteiger partial charge in [-0.15, -0.1) is 0 Å². The summed E-state index contributed by atoms with van der Waals surface area (Å²) >= 11 is 3.42. The van der Waals surface area contributed by atoms with Gasteiger partial charge in [0, 0.05) is 28.7 Å². The molecule has 1 aromatic carbocycles. The number of aryl methyl sites for hydroxylation is 1. The van der Waals surface area contributed by atoms with Crippen molar-refractivity contribution in [1.29, 1.82) is 0 Å². The largest absolute Gasteiger partial charge is 0.366 e. The quantitative estimate of drug-likeness (QED) is 0.897.